The Balaban J connectivity index is 1.81. The van der Waals surface area contributed by atoms with Gasteiger partial charge in [0.2, 0.25) is 0 Å². The molecule has 2 aromatic carbocycles. The van der Waals surface area contributed by atoms with Crippen LogP contribution in [0.25, 0.3) is 0 Å². The molecule has 23 heavy (non-hydrogen) atoms. The zero-order valence-corrected chi connectivity index (χ0v) is 13.4. The highest BCUT2D eigenvalue weighted by atomic mass is 16.1. The van der Waals surface area contributed by atoms with Crippen LogP contribution in [-0.2, 0) is 0 Å². The summed E-state index contributed by atoms with van der Waals surface area (Å²) in [7, 11) is 0. The van der Waals surface area contributed by atoms with Gasteiger partial charge in [-0.05, 0) is 37.1 Å². The Hall–Kier alpha value is -2.13. The molecule has 0 radical (unpaired) electrons. The fourth-order valence-electron chi connectivity index (χ4n) is 3.23. The van der Waals surface area contributed by atoms with Gasteiger partial charge in [-0.3, -0.25) is 4.79 Å². The Morgan fingerprint density at radius 2 is 1.65 bits per heavy atom. The van der Waals surface area contributed by atoms with Crippen molar-refractivity contribution in [2.75, 3.05) is 6.54 Å². The van der Waals surface area contributed by atoms with Crippen molar-refractivity contribution < 1.29 is 4.79 Å². The summed E-state index contributed by atoms with van der Waals surface area (Å²) in [5, 5.41) is 6.87. The number of carbonyl (C=O) groups is 1. The topological polar surface area (TPSA) is 41.1 Å². The fourth-order valence-corrected chi connectivity index (χ4v) is 3.23. The highest BCUT2D eigenvalue weighted by molar-refractivity contribution is 5.94. The molecule has 2 atom stereocenters. The van der Waals surface area contributed by atoms with Crippen molar-refractivity contribution in [3.8, 4) is 0 Å². The van der Waals surface area contributed by atoms with Crippen LogP contribution in [0.2, 0.25) is 0 Å². The Bertz CT molecular complexity index is 604. The van der Waals surface area contributed by atoms with E-state index in [1.807, 2.05) is 48.5 Å². The number of hydrogen-bond acceptors (Lipinski definition) is 2. The van der Waals surface area contributed by atoms with E-state index < -0.39 is 0 Å². The van der Waals surface area contributed by atoms with E-state index in [2.05, 4.69) is 22.8 Å². The molecule has 1 fully saturated rings. The molecule has 0 aromatic heterocycles. The molecule has 2 aromatic rings. The van der Waals surface area contributed by atoms with Gasteiger partial charge in [-0.2, -0.15) is 0 Å². The third kappa shape index (κ3) is 4.20. The lowest BCUT2D eigenvalue weighted by molar-refractivity contribution is 0.0926. The number of rotatable bonds is 4. The Morgan fingerprint density at radius 3 is 2.39 bits per heavy atom. The van der Waals surface area contributed by atoms with Gasteiger partial charge in [0.25, 0.3) is 5.91 Å². The number of amides is 1. The number of carbonyl (C=O) groups excluding carboxylic acids is 1. The SMILES string of the molecule is O=C(NC(c1ccccc1)C1CCCCCN1)c1ccccc1. The zero-order valence-electron chi connectivity index (χ0n) is 13.4. The maximum absolute atomic E-state index is 12.6. The van der Waals surface area contributed by atoms with Gasteiger partial charge in [-0.25, -0.2) is 0 Å². The highest BCUT2D eigenvalue weighted by Gasteiger charge is 2.25. The average Bonchev–Trinajstić information content (AvgIpc) is 2.90. The van der Waals surface area contributed by atoms with Crippen molar-refractivity contribution in [3.05, 3.63) is 71.8 Å². The smallest absolute Gasteiger partial charge is 0.251 e. The van der Waals surface area contributed by atoms with Crippen molar-refractivity contribution >= 4 is 5.91 Å². The minimum Gasteiger partial charge on any atom is -0.344 e. The number of nitrogens with one attached hydrogen (secondary N) is 2. The highest BCUT2D eigenvalue weighted by Crippen LogP contribution is 2.23. The lowest BCUT2D eigenvalue weighted by Gasteiger charge is -2.28. The van der Waals surface area contributed by atoms with Gasteiger partial charge < -0.3 is 10.6 Å². The van der Waals surface area contributed by atoms with E-state index in [-0.39, 0.29) is 18.0 Å². The Kier molecular flexibility index (Phi) is 5.43. The van der Waals surface area contributed by atoms with Crippen molar-refractivity contribution in [3.63, 3.8) is 0 Å². The van der Waals surface area contributed by atoms with Crippen molar-refractivity contribution in [1.29, 1.82) is 0 Å². The van der Waals surface area contributed by atoms with Gasteiger partial charge in [0.05, 0.1) is 6.04 Å². The van der Waals surface area contributed by atoms with Gasteiger partial charge in [0.1, 0.15) is 0 Å². The molecule has 1 aliphatic rings. The zero-order chi connectivity index (χ0) is 15.9. The second-order valence-electron chi connectivity index (χ2n) is 6.14. The molecule has 0 spiro atoms. The molecule has 2 unspecified atom stereocenters. The standard InChI is InChI=1S/C20H24N2O/c23-20(17-12-6-2-7-13-17)22-19(16-10-4-1-5-11-16)18-14-8-3-9-15-21-18/h1-2,4-7,10-13,18-19,21H,3,8-9,14-15H2,(H,22,23). The van der Waals surface area contributed by atoms with Crippen LogP contribution in [0, 0.1) is 0 Å². The predicted molar refractivity (Wildman–Crippen MR) is 93.3 cm³/mol. The number of hydrogen-bond donors (Lipinski definition) is 2. The summed E-state index contributed by atoms with van der Waals surface area (Å²) < 4.78 is 0. The van der Waals surface area contributed by atoms with E-state index in [0.717, 1.165) is 18.5 Å². The first-order valence-corrected chi connectivity index (χ1v) is 8.49. The van der Waals surface area contributed by atoms with Crippen LogP contribution in [0.3, 0.4) is 0 Å². The largest absolute Gasteiger partial charge is 0.344 e. The fraction of sp³-hybridized carbons (Fsp3) is 0.350. The summed E-state index contributed by atoms with van der Waals surface area (Å²) in [5.74, 6) is -0.00880. The van der Waals surface area contributed by atoms with Gasteiger partial charge in [-0.1, -0.05) is 61.4 Å². The molecule has 120 valence electrons. The van der Waals surface area contributed by atoms with Crippen LogP contribution in [0.4, 0.5) is 0 Å². The van der Waals surface area contributed by atoms with E-state index in [4.69, 9.17) is 0 Å². The molecule has 2 N–H and O–H groups in total. The van der Waals surface area contributed by atoms with Gasteiger partial charge >= 0.3 is 0 Å². The van der Waals surface area contributed by atoms with Crippen LogP contribution < -0.4 is 10.6 Å². The molecule has 0 aliphatic carbocycles. The lowest BCUT2D eigenvalue weighted by Crippen LogP contribution is -2.43. The lowest BCUT2D eigenvalue weighted by atomic mass is 9.95. The van der Waals surface area contributed by atoms with E-state index in [9.17, 15) is 4.79 Å². The Labute approximate surface area is 138 Å². The minimum atomic E-state index is -0.00880. The van der Waals surface area contributed by atoms with E-state index in [1.54, 1.807) is 0 Å². The summed E-state index contributed by atoms with van der Waals surface area (Å²) in [6, 6.07) is 20.0. The van der Waals surface area contributed by atoms with E-state index >= 15 is 0 Å². The molecular formula is C20H24N2O. The summed E-state index contributed by atoms with van der Waals surface area (Å²) >= 11 is 0. The monoisotopic (exact) mass is 308 g/mol. The quantitative estimate of drug-likeness (QED) is 0.904. The molecule has 1 amide bonds. The second kappa shape index (κ2) is 7.93. The molecule has 1 saturated heterocycles. The summed E-state index contributed by atoms with van der Waals surface area (Å²) in [6.07, 6.45) is 4.78. The van der Waals surface area contributed by atoms with Gasteiger partial charge in [0, 0.05) is 11.6 Å². The van der Waals surface area contributed by atoms with Gasteiger partial charge in [0.15, 0.2) is 0 Å². The summed E-state index contributed by atoms with van der Waals surface area (Å²) in [5.41, 5.74) is 1.87. The molecular weight excluding hydrogens is 284 g/mol. The summed E-state index contributed by atoms with van der Waals surface area (Å²) in [6.45, 7) is 1.02. The van der Waals surface area contributed by atoms with E-state index in [0.29, 0.717) is 5.56 Å². The maximum atomic E-state index is 12.6. The molecule has 1 aliphatic heterocycles. The van der Waals surface area contributed by atoms with Crippen LogP contribution >= 0.6 is 0 Å². The molecule has 1 heterocycles. The second-order valence-corrected chi connectivity index (χ2v) is 6.14. The average molecular weight is 308 g/mol. The first-order valence-electron chi connectivity index (χ1n) is 8.49. The van der Waals surface area contributed by atoms with Crippen molar-refractivity contribution in [2.45, 2.75) is 37.8 Å². The number of benzene rings is 2. The third-order valence-electron chi connectivity index (χ3n) is 4.48. The van der Waals surface area contributed by atoms with E-state index in [1.165, 1.54) is 19.3 Å². The maximum Gasteiger partial charge on any atom is 0.251 e. The van der Waals surface area contributed by atoms with Gasteiger partial charge in [-0.15, -0.1) is 0 Å². The molecule has 3 rings (SSSR count). The summed E-state index contributed by atoms with van der Waals surface area (Å²) in [4.78, 5) is 12.6. The van der Waals surface area contributed by atoms with Crippen molar-refractivity contribution in [1.82, 2.24) is 10.6 Å². The normalized spacial score (nSPS) is 19.6. The third-order valence-corrected chi connectivity index (χ3v) is 4.48. The molecule has 0 saturated carbocycles. The molecule has 3 nitrogen and oxygen atoms in total. The van der Waals surface area contributed by atoms with Crippen LogP contribution in [0.1, 0.15) is 47.6 Å². The van der Waals surface area contributed by atoms with Crippen molar-refractivity contribution in [2.24, 2.45) is 0 Å². The first-order chi connectivity index (χ1) is 11.3. The first kappa shape index (κ1) is 15.8. The van der Waals surface area contributed by atoms with Crippen LogP contribution in [0.5, 0.6) is 0 Å². The minimum absolute atomic E-state index is 0.00186. The van der Waals surface area contributed by atoms with Crippen LogP contribution in [0.15, 0.2) is 60.7 Å². The van der Waals surface area contributed by atoms with Crippen LogP contribution in [-0.4, -0.2) is 18.5 Å². The Morgan fingerprint density at radius 1 is 0.957 bits per heavy atom. The molecule has 0 bridgehead atoms. The predicted octanol–water partition coefficient (Wildman–Crippen LogP) is 3.69. The molecule has 3 heteroatoms.